The number of rotatable bonds is 9. The summed E-state index contributed by atoms with van der Waals surface area (Å²) in [7, 11) is 3.83. The van der Waals surface area contributed by atoms with Gasteiger partial charge in [0.1, 0.15) is 5.75 Å². The highest BCUT2D eigenvalue weighted by atomic mass is 32.1. The topological polar surface area (TPSA) is 70.1 Å². The van der Waals surface area contributed by atoms with Gasteiger partial charge in [0.15, 0.2) is 5.76 Å². The third-order valence-corrected chi connectivity index (χ3v) is 5.60. The number of aliphatic hydroxyl groups excluding tert-OH is 1. The van der Waals surface area contributed by atoms with Gasteiger partial charge in [-0.3, -0.25) is 9.59 Å². The summed E-state index contributed by atoms with van der Waals surface area (Å²) >= 11 is 1.29. The van der Waals surface area contributed by atoms with Gasteiger partial charge in [0, 0.05) is 13.1 Å². The van der Waals surface area contributed by atoms with E-state index in [0.29, 0.717) is 30.3 Å². The Labute approximate surface area is 175 Å². The molecule has 0 fully saturated rings. The summed E-state index contributed by atoms with van der Waals surface area (Å²) in [5.74, 6) is -0.620. The number of ether oxygens (including phenoxy) is 1. The largest absolute Gasteiger partial charge is 0.503 e. The van der Waals surface area contributed by atoms with Crippen molar-refractivity contribution in [1.29, 1.82) is 0 Å². The first-order valence-electron chi connectivity index (χ1n) is 9.63. The van der Waals surface area contributed by atoms with Gasteiger partial charge in [-0.15, -0.1) is 11.3 Å². The average Bonchev–Trinajstić information content (AvgIpc) is 3.32. The Bertz CT molecular complexity index is 905. The molecular formula is C22H26N2O4S. The number of ketones is 1. The van der Waals surface area contributed by atoms with Gasteiger partial charge < -0.3 is 19.6 Å². The molecule has 1 aliphatic heterocycles. The van der Waals surface area contributed by atoms with Gasteiger partial charge in [-0.1, -0.05) is 25.1 Å². The molecule has 0 unspecified atom stereocenters. The van der Waals surface area contributed by atoms with Gasteiger partial charge in [-0.2, -0.15) is 0 Å². The van der Waals surface area contributed by atoms with Gasteiger partial charge in [0.05, 0.1) is 23.1 Å². The minimum atomic E-state index is -0.651. The molecule has 0 saturated heterocycles. The van der Waals surface area contributed by atoms with Crippen LogP contribution in [0, 0.1) is 0 Å². The predicted molar refractivity (Wildman–Crippen MR) is 114 cm³/mol. The van der Waals surface area contributed by atoms with Crippen LogP contribution in [0.25, 0.3) is 0 Å². The average molecular weight is 415 g/mol. The molecule has 29 heavy (non-hydrogen) atoms. The number of thiophene rings is 1. The van der Waals surface area contributed by atoms with Gasteiger partial charge >= 0.3 is 0 Å². The Morgan fingerprint density at radius 1 is 1.28 bits per heavy atom. The molecule has 0 spiro atoms. The third kappa shape index (κ3) is 4.52. The number of nitrogens with zero attached hydrogens (tertiary/aromatic N) is 2. The summed E-state index contributed by atoms with van der Waals surface area (Å²) in [6.45, 7) is 3.62. The SMILES string of the molecule is CCCOc1cccc([C@H]2C(C(=O)c3cccs3)=C(O)C(=O)N2CCN(C)C)c1. The first kappa shape index (κ1) is 21.1. The zero-order valence-corrected chi connectivity index (χ0v) is 17.7. The lowest BCUT2D eigenvalue weighted by Gasteiger charge is -2.28. The van der Waals surface area contributed by atoms with Gasteiger partial charge in [0.2, 0.25) is 5.78 Å². The zero-order valence-electron chi connectivity index (χ0n) is 16.9. The van der Waals surface area contributed by atoms with Crippen LogP contribution in [0.2, 0.25) is 0 Å². The Balaban J connectivity index is 2.03. The van der Waals surface area contributed by atoms with E-state index in [1.54, 1.807) is 22.4 Å². The number of benzene rings is 1. The second-order valence-corrected chi connectivity index (χ2v) is 8.14. The molecule has 0 aliphatic carbocycles. The first-order valence-corrected chi connectivity index (χ1v) is 10.5. The van der Waals surface area contributed by atoms with Crippen LogP contribution in [0.1, 0.15) is 34.6 Å². The number of likely N-dealkylation sites (N-methyl/N-ethyl adjacent to an activating group) is 1. The number of hydrogen-bond acceptors (Lipinski definition) is 6. The summed E-state index contributed by atoms with van der Waals surface area (Å²) in [5, 5.41) is 12.4. The highest BCUT2D eigenvalue weighted by molar-refractivity contribution is 7.12. The number of carbonyl (C=O) groups is 2. The maximum absolute atomic E-state index is 13.2. The van der Waals surface area contributed by atoms with Crippen LogP contribution < -0.4 is 4.74 Å². The summed E-state index contributed by atoms with van der Waals surface area (Å²) < 4.78 is 5.74. The van der Waals surface area contributed by atoms with Crippen LogP contribution in [0.5, 0.6) is 5.75 Å². The molecule has 1 N–H and O–H groups in total. The number of Topliss-reactive ketones (excluding diaryl/α,β-unsaturated/α-hetero) is 1. The molecule has 0 radical (unpaired) electrons. The first-order chi connectivity index (χ1) is 13.9. The summed E-state index contributed by atoms with van der Waals surface area (Å²) in [6, 6.07) is 10.2. The van der Waals surface area contributed by atoms with Crippen LogP contribution >= 0.6 is 11.3 Å². The van der Waals surface area contributed by atoms with Gasteiger partial charge in [-0.05, 0) is 49.7 Å². The monoisotopic (exact) mass is 414 g/mol. The minimum Gasteiger partial charge on any atom is -0.503 e. The number of hydrogen-bond donors (Lipinski definition) is 1. The van der Waals surface area contributed by atoms with Crippen molar-refractivity contribution in [1.82, 2.24) is 9.80 Å². The minimum absolute atomic E-state index is 0.129. The maximum atomic E-state index is 13.2. The third-order valence-electron chi connectivity index (χ3n) is 4.73. The van der Waals surface area contributed by atoms with Crippen LogP contribution in [0.3, 0.4) is 0 Å². The summed E-state index contributed by atoms with van der Waals surface area (Å²) in [4.78, 5) is 30.0. The Hall–Kier alpha value is -2.64. The number of amides is 1. The van der Waals surface area contributed by atoms with Gasteiger partial charge in [-0.25, -0.2) is 0 Å². The normalized spacial score (nSPS) is 16.8. The maximum Gasteiger partial charge on any atom is 0.290 e. The fourth-order valence-corrected chi connectivity index (χ4v) is 3.98. The standard InChI is InChI=1S/C22H26N2O4S/c1-4-12-28-16-8-5-7-15(14-16)19-18(20(25)17-9-6-13-29-17)21(26)22(27)24(19)11-10-23(2)3/h5-9,13-14,19,26H,4,10-12H2,1-3H3/t19-/m0/s1. The molecular weight excluding hydrogens is 388 g/mol. The summed E-state index contributed by atoms with van der Waals surface area (Å²) in [5.41, 5.74) is 0.874. The van der Waals surface area contributed by atoms with Crippen LogP contribution in [0.4, 0.5) is 0 Å². The quantitative estimate of drug-likeness (QED) is 0.634. The van der Waals surface area contributed by atoms with Crippen LogP contribution in [-0.2, 0) is 4.79 Å². The molecule has 2 heterocycles. The Morgan fingerprint density at radius 2 is 2.07 bits per heavy atom. The van der Waals surface area contributed by atoms with E-state index in [9.17, 15) is 14.7 Å². The lowest BCUT2D eigenvalue weighted by molar-refractivity contribution is -0.129. The van der Waals surface area contributed by atoms with E-state index in [2.05, 4.69) is 0 Å². The van der Waals surface area contributed by atoms with E-state index in [0.717, 1.165) is 12.0 Å². The molecule has 0 bridgehead atoms. The molecule has 7 heteroatoms. The number of aliphatic hydroxyl groups is 1. The van der Waals surface area contributed by atoms with E-state index in [4.69, 9.17) is 4.74 Å². The second kappa shape index (κ2) is 9.24. The van der Waals surface area contributed by atoms with Crippen molar-refractivity contribution < 1.29 is 19.4 Å². The second-order valence-electron chi connectivity index (χ2n) is 7.19. The van der Waals surface area contributed by atoms with E-state index in [1.807, 2.05) is 50.2 Å². The molecule has 1 aromatic heterocycles. The molecule has 2 aromatic rings. The van der Waals surface area contributed by atoms with Crippen molar-refractivity contribution in [3.05, 3.63) is 63.6 Å². The van der Waals surface area contributed by atoms with E-state index in [1.165, 1.54) is 11.3 Å². The lowest BCUT2D eigenvalue weighted by atomic mass is 9.95. The fourth-order valence-electron chi connectivity index (χ4n) is 3.31. The smallest absolute Gasteiger partial charge is 0.290 e. The van der Waals surface area contributed by atoms with Crippen molar-refractivity contribution in [2.24, 2.45) is 0 Å². The number of carbonyl (C=O) groups excluding carboxylic acids is 2. The van der Waals surface area contributed by atoms with Crippen molar-refractivity contribution in [3.63, 3.8) is 0 Å². The molecule has 1 aromatic carbocycles. The highest BCUT2D eigenvalue weighted by Crippen LogP contribution is 2.40. The highest BCUT2D eigenvalue weighted by Gasteiger charge is 2.43. The molecule has 154 valence electrons. The van der Waals surface area contributed by atoms with Gasteiger partial charge in [0.25, 0.3) is 5.91 Å². The molecule has 1 atom stereocenters. The fraction of sp³-hybridized carbons (Fsp3) is 0.364. The molecule has 0 saturated carbocycles. The Kier molecular flexibility index (Phi) is 6.71. The molecule has 1 amide bonds. The van der Waals surface area contributed by atoms with E-state index >= 15 is 0 Å². The van der Waals surface area contributed by atoms with Crippen molar-refractivity contribution in [2.75, 3.05) is 33.8 Å². The lowest BCUT2D eigenvalue weighted by Crippen LogP contribution is -2.36. The van der Waals surface area contributed by atoms with Crippen LogP contribution in [-0.4, -0.2) is 60.4 Å². The molecule has 6 nitrogen and oxygen atoms in total. The Morgan fingerprint density at radius 3 is 2.72 bits per heavy atom. The zero-order chi connectivity index (χ0) is 21.0. The van der Waals surface area contributed by atoms with E-state index in [-0.39, 0.29) is 11.4 Å². The van der Waals surface area contributed by atoms with E-state index < -0.39 is 17.7 Å². The molecule has 3 rings (SSSR count). The van der Waals surface area contributed by atoms with Crippen molar-refractivity contribution >= 4 is 23.0 Å². The van der Waals surface area contributed by atoms with Crippen molar-refractivity contribution in [2.45, 2.75) is 19.4 Å². The predicted octanol–water partition coefficient (Wildman–Crippen LogP) is 3.68. The summed E-state index contributed by atoms with van der Waals surface area (Å²) in [6.07, 6.45) is 0.879. The van der Waals surface area contributed by atoms with Crippen molar-refractivity contribution in [3.8, 4) is 5.75 Å². The molecule has 1 aliphatic rings. The van der Waals surface area contributed by atoms with Crippen LogP contribution in [0.15, 0.2) is 53.1 Å².